The lowest BCUT2D eigenvalue weighted by Gasteiger charge is -2.36. The van der Waals surface area contributed by atoms with Crippen LogP contribution in [0.25, 0.3) is 0 Å². The highest BCUT2D eigenvalue weighted by atomic mass is 127. The molecule has 3 rings (SSSR count). The summed E-state index contributed by atoms with van der Waals surface area (Å²) in [5, 5.41) is 5.66. The molecule has 2 fully saturated rings. The number of halogens is 1. The number of benzene rings is 1. The Morgan fingerprint density at radius 2 is 2.16 bits per heavy atom. The summed E-state index contributed by atoms with van der Waals surface area (Å²) in [6.07, 6.45) is 3.54. The molecule has 25 heavy (non-hydrogen) atoms. The number of nitrogens with one attached hydrogen (secondary N) is 2. The SMILES string of the molecule is Cc1cc(I)ccc1NC(=O)CN1C(=O)N[C@]2(CCCC[C@@H]2C)C1=O. The molecule has 134 valence electrons. The lowest BCUT2D eigenvalue weighted by Crippen LogP contribution is -2.54. The minimum absolute atomic E-state index is 0.0872. The van der Waals surface area contributed by atoms with E-state index in [2.05, 4.69) is 33.2 Å². The van der Waals surface area contributed by atoms with Crippen LogP contribution in [0.3, 0.4) is 0 Å². The summed E-state index contributed by atoms with van der Waals surface area (Å²) in [6.45, 7) is 3.64. The summed E-state index contributed by atoms with van der Waals surface area (Å²) in [5.74, 6) is -0.545. The molecular formula is C18H22IN3O3. The van der Waals surface area contributed by atoms with Gasteiger partial charge in [-0.1, -0.05) is 19.8 Å². The molecule has 1 heterocycles. The lowest BCUT2D eigenvalue weighted by molar-refractivity contribution is -0.136. The summed E-state index contributed by atoms with van der Waals surface area (Å²) >= 11 is 2.21. The van der Waals surface area contributed by atoms with Gasteiger partial charge in [0, 0.05) is 9.26 Å². The van der Waals surface area contributed by atoms with Crippen LogP contribution in [0, 0.1) is 16.4 Å². The average molecular weight is 455 g/mol. The van der Waals surface area contributed by atoms with Gasteiger partial charge in [0.05, 0.1) is 0 Å². The quantitative estimate of drug-likeness (QED) is 0.544. The van der Waals surface area contributed by atoms with Crippen LogP contribution in [0.15, 0.2) is 18.2 Å². The molecule has 4 amide bonds. The highest BCUT2D eigenvalue weighted by molar-refractivity contribution is 14.1. The largest absolute Gasteiger partial charge is 0.325 e. The molecule has 1 spiro atoms. The summed E-state index contributed by atoms with van der Waals surface area (Å²) in [5.41, 5.74) is 0.807. The van der Waals surface area contributed by atoms with E-state index in [9.17, 15) is 14.4 Å². The number of urea groups is 1. The van der Waals surface area contributed by atoms with E-state index in [1.54, 1.807) is 0 Å². The van der Waals surface area contributed by atoms with Gasteiger partial charge in [0.2, 0.25) is 5.91 Å². The maximum atomic E-state index is 12.9. The minimum atomic E-state index is -0.825. The summed E-state index contributed by atoms with van der Waals surface area (Å²) in [6, 6.07) is 5.22. The van der Waals surface area contributed by atoms with Crippen molar-refractivity contribution in [2.45, 2.75) is 45.1 Å². The lowest BCUT2D eigenvalue weighted by atomic mass is 9.73. The second kappa shape index (κ2) is 6.93. The third kappa shape index (κ3) is 3.38. The Kier molecular flexibility index (Phi) is 5.04. The van der Waals surface area contributed by atoms with Crippen molar-refractivity contribution in [1.29, 1.82) is 0 Å². The van der Waals surface area contributed by atoms with E-state index in [0.29, 0.717) is 12.1 Å². The van der Waals surface area contributed by atoms with Crippen molar-refractivity contribution < 1.29 is 14.4 Å². The monoisotopic (exact) mass is 455 g/mol. The van der Waals surface area contributed by atoms with Crippen molar-refractivity contribution in [2.75, 3.05) is 11.9 Å². The van der Waals surface area contributed by atoms with E-state index < -0.39 is 11.6 Å². The van der Waals surface area contributed by atoms with Gasteiger partial charge in [0.25, 0.3) is 5.91 Å². The molecule has 1 aliphatic heterocycles. The van der Waals surface area contributed by atoms with Crippen LogP contribution in [0.4, 0.5) is 10.5 Å². The molecule has 1 aromatic rings. The normalized spacial score (nSPS) is 26.0. The van der Waals surface area contributed by atoms with Gasteiger partial charge in [0.15, 0.2) is 0 Å². The number of anilines is 1. The number of aryl methyl sites for hydroxylation is 1. The van der Waals surface area contributed by atoms with Crippen molar-refractivity contribution in [1.82, 2.24) is 10.2 Å². The molecule has 2 atom stereocenters. The van der Waals surface area contributed by atoms with E-state index in [4.69, 9.17) is 0 Å². The Hall–Kier alpha value is -1.64. The van der Waals surface area contributed by atoms with Crippen LogP contribution in [-0.2, 0) is 9.59 Å². The first-order valence-corrected chi connectivity index (χ1v) is 9.61. The number of rotatable bonds is 3. The zero-order chi connectivity index (χ0) is 18.2. The third-order valence-corrected chi connectivity index (χ3v) is 5.94. The average Bonchev–Trinajstić information content (AvgIpc) is 2.78. The number of amides is 4. The molecule has 2 aliphatic rings. The fourth-order valence-corrected chi connectivity index (χ4v) is 4.39. The van der Waals surface area contributed by atoms with Gasteiger partial charge in [-0.2, -0.15) is 0 Å². The molecule has 1 saturated carbocycles. The Morgan fingerprint density at radius 1 is 1.40 bits per heavy atom. The Bertz CT molecular complexity index is 736. The highest BCUT2D eigenvalue weighted by Crippen LogP contribution is 2.38. The third-order valence-electron chi connectivity index (χ3n) is 5.27. The smallest absolute Gasteiger partial charge is 0.324 e. The van der Waals surface area contributed by atoms with Crippen molar-refractivity contribution in [3.63, 3.8) is 0 Å². The van der Waals surface area contributed by atoms with E-state index in [1.165, 1.54) is 0 Å². The van der Waals surface area contributed by atoms with E-state index in [1.807, 2.05) is 32.0 Å². The predicted octanol–water partition coefficient (Wildman–Crippen LogP) is 3.04. The summed E-state index contributed by atoms with van der Waals surface area (Å²) < 4.78 is 1.08. The summed E-state index contributed by atoms with van der Waals surface area (Å²) in [4.78, 5) is 38.6. The Balaban J connectivity index is 1.71. The number of nitrogens with zero attached hydrogens (tertiary/aromatic N) is 1. The van der Waals surface area contributed by atoms with Gasteiger partial charge in [-0.05, 0) is 72.0 Å². The molecule has 0 radical (unpaired) electrons. The molecule has 7 heteroatoms. The van der Waals surface area contributed by atoms with Crippen LogP contribution in [0.5, 0.6) is 0 Å². The van der Waals surface area contributed by atoms with E-state index in [0.717, 1.165) is 33.3 Å². The maximum Gasteiger partial charge on any atom is 0.325 e. The first-order chi connectivity index (χ1) is 11.8. The van der Waals surface area contributed by atoms with Gasteiger partial charge >= 0.3 is 6.03 Å². The van der Waals surface area contributed by atoms with Gasteiger partial charge in [-0.3, -0.25) is 14.5 Å². The molecule has 2 N–H and O–H groups in total. The van der Waals surface area contributed by atoms with Crippen LogP contribution in [0.2, 0.25) is 0 Å². The van der Waals surface area contributed by atoms with E-state index >= 15 is 0 Å². The Labute approximate surface area is 160 Å². The molecule has 1 aliphatic carbocycles. The van der Waals surface area contributed by atoms with Crippen molar-refractivity contribution in [2.24, 2.45) is 5.92 Å². The Morgan fingerprint density at radius 3 is 2.84 bits per heavy atom. The molecule has 0 unspecified atom stereocenters. The number of imide groups is 1. The summed E-state index contributed by atoms with van der Waals surface area (Å²) in [7, 11) is 0. The first-order valence-electron chi connectivity index (χ1n) is 8.53. The molecule has 0 aromatic heterocycles. The second-order valence-corrected chi connectivity index (χ2v) is 8.19. The molecule has 1 aromatic carbocycles. The fourth-order valence-electron chi connectivity index (χ4n) is 3.74. The number of hydrogen-bond acceptors (Lipinski definition) is 3. The number of hydrogen-bond donors (Lipinski definition) is 2. The standard InChI is InChI=1S/C18H22IN3O3/c1-11-9-13(19)6-7-14(11)20-15(23)10-22-16(24)18(21-17(22)25)8-4-3-5-12(18)2/h6-7,9,12H,3-5,8,10H2,1-2H3,(H,20,23)(H,21,25)/t12-,18-/m0/s1. The predicted molar refractivity (Wildman–Crippen MR) is 103 cm³/mol. The second-order valence-electron chi connectivity index (χ2n) is 6.95. The van der Waals surface area contributed by atoms with Crippen molar-refractivity contribution in [3.05, 3.63) is 27.3 Å². The van der Waals surface area contributed by atoms with Crippen LogP contribution in [0.1, 0.15) is 38.2 Å². The van der Waals surface area contributed by atoms with Crippen LogP contribution >= 0.6 is 22.6 Å². The van der Waals surface area contributed by atoms with Gasteiger partial charge < -0.3 is 10.6 Å². The molecular weight excluding hydrogens is 433 g/mol. The molecule has 0 bridgehead atoms. The van der Waals surface area contributed by atoms with E-state index in [-0.39, 0.29) is 24.3 Å². The highest BCUT2D eigenvalue weighted by Gasteiger charge is 2.55. The van der Waals surface area contributed by atoms with Crippen LogP contribution in [-0.4, -0.2) is 34.8 Å². The van der Waals surface area contributed by atoms with Gasteiger partial charge in [0.1, 0.15) is 12.1 Å². The minimum Gasteiger partial charge on any atom is -0.324 e. The maximum absolute atomic E-state index is 12.9. The zero-order valence-corrected chi connectivity index (χ0v) is 16.6. The van der Waals surface area contributed by atoms with Gasteiger partial charge in [-0.15, -0.1) is 0 Å². The molecule has 1 saturated heterocycles. The number of carbonyl (C=O) groups is 3. The van der Waals surface area contributed by atoms with Gasteiger partial charge in [-0.25, -0.2) is 4.79 Å². The van der Waals surface area contributed by atoms with Crippen molar-refractivity contribution >= 4 is 46.1 Å². The first kappa shape index (κ1) is 18.2. The number of carbonyl (C=O) groups excluding carboxylic acids is 3. The zero-order valence-electron chi connectivity index (χ0n) is 14.4. The van der Waals surface area contributed by atoms with Crippen LogP contribution < -0.4 is 10.6 Å². The topological polar surface area (TPSA) is 78.5 Å². The van der Waals surface area contributed by atoms with Crippen molar-refractivity contribution in [3.8, 4) is 0 Å². The molecule has 6 nitrogen and oxygen atoms in total. The fraction of sp³-hybridized carbons (Fsp3) is 0.500.